The second kappa shape index (κ2) is 6.94. The minimum Gasteiger partial charge on any atom is -0.480 e. The average Bonchev–Trinajstić information content (AvgIpc) is 2.42. The van der Waals surface area contributed by atoms with E-state index in [1.54, 1.807) is 0 Å². The molecule has 1 aliphatic heterocycles. The van der Waals surface area contributed by atoms with Gasteiger partial charge in [0.2, 0.25) is 0 Å². The van der Waals surface area contributed by atoms with Crippen molar-refractivity contribution in [2.75, 3.05) is 18.0 Å². The molecule has 0 fully saturated rings. The highest BCUT2D eigenvalue weighted by Gasteiger charge is 2.24. The molecule has 1 aromatic rings. The Morgan fingerprint density at radius 3 is 2.81 bits per heavy atom. The first-order valence-corrected chi connectivity index (χ1v) is 7.79. The van der Waals surface area contributed by atoms with Crippen LogP contribution >= 0.6 is 0 Å². The normalized spacial score (nSPS) is 19.4. The molecule has 2 atom stereocenters. The predicted molar refractivity (Wildman–Crippen MR) is 85.8 cm³/mol. The lowest BCUT2D eigenvalue weighted by atomic mass is 9.93. The summed E-state index contributed by atoms with van der Waals surface area (Å²) in [5, 5.41) is 12.4. The molecule has 21 heavy (non-hydrogen) atoms. The first-order valence-electron chi connectivity index (χ1n) is 7.79. The molecule has 0 aliphatic carbocycles. The summed E-state index contributed by atoms with van der Waals surface area (Å²) in [6, 6.07) is 8.16. The molecular weight excluding hydrogens is 264 g/mol. The van der Waals surface area contributed by atoms with E-state index >= 15 is 0 Å². The standard InChI is InChI=1S/C17H26N2O2/c1-12(2)18-15(17(20)21)8-9-19-11-13(3)10-14-6-4-5-7-16(14)19/h4-7,12-13,15,18H,8-11H2,1-3H3,(H,20,21). The number of carboxylic acids is 1. The molecule has 0 radical (unpaired) electrons. The lowest BCUT2D eigenvalue weighted by molar-refractivity contribution is -0.139. The summed E-state index contributed by atoms with van der Waals surface area (Å²) in [6.45, 7) is 8.00. The maximum atomic E-state index is 11.3. The summed E-state index contributed by atoms with van der Waals surface area (Å²) >= 11 is 0. The Balaban J connectivity index is 2.04. The van der Waals surface area contributed by atoms with Crippen LogP contribution in [0, 0.1) is 5.92 Å². The highest BCUT2D eigenvalue weighted by molar-refractivity contribution is 5.73. The van der Waals surface area contributed by atoms with Crippen LogP contribution in [0.15, 0.2) is 24.3 Å². The van der Waals surface area contributed by atoms with Gasteiger partial charge in [-0.05, 0) is 30.4 Å². The number of hydrogen-bond donors (Lipinski definition) is 2. The van der Waals surface area contributed by atoms with E-state index in [0.29, 0.717) is 12.3 Å². The van der Waals surface area contributed by atoms with Crippen molar-refractivity contribution in [3.63, 3.8) is 0 Å². The van der Waals surface area contributed by atoms with E-state index in [9.17, 15) is 9.90 Å². The molecule has 0 spiro atoms. The Morgan fingerprint density at radius 2 is 2.14 bits per heavy atom. The van der Waals surface area contributed by atoms with Crippen LogP contribution in [-0.4, -0.2) is 36.2 Å². The number of nitrogens with zero attached hydrogens (tertiary/aromatic N) is 1. The average molecular weight is 290 g/mol. The van der Waals surface area contributed by atoms with Crippen molar-refractivity contribution in [1.82, 2.24) is 5.32 Å². The van der Waals surface area contributed by atoms with Crippen LogP contribution < -0.4 is 10.2 Å². The van der Waals surface area contributed by atoms with Crippen LogP contribution in [-0.2, 0) is 11.2 Å². The van der Waals surface area contributed by atoms with Gasteiger partial charge in [0, 0.05) is 24.8 Å². The van der Waals surface area contributed by atoms with E-state index in [-0.39, 0.29) is 6.04 Å². The van der Waals surface area contributed by atoms with Crippen LogP contribution in [0.2, 0.25) is 0 Å². The summed E-state index contributed by atoms with van der Waals surface area (Å²) in [4.78, 5) is 13.7. The highest BCUT2D eigenvalue weighted by Crippen LogP contribution is 2.29. The smallest absolute Gasteiger partial charge is 0.320 e. The Bertz CT molecular complexity index is 487. The molecule has 2 unspecified atom stereocenters. The second-order valence-electron chi connectivity index (χ2n) is 6.38. The minimum absolute atomic E-state index is 0.179. The van der Waals surface area contributed by atoms with Gasteiger partial charge in [0.15, 0.2) is 0 Å². The van der Waals surface area contributed by atoms with Gasteiger partial charge in [-0.2, -0.15) is 0 Å². The van der Waals surface area contributed by atoms with Crippen molar-refractivity contribution in [3.8, 4) is 0 Å². The number of carboxylic acid groups (broad SMARTS) is 1. The van der Waals surface area contributed by atoms with Crippen LogP contribution in [0.4, 0.5) is 5.69 Å². The first-order chi connectivity index (χ1) is 9.97. The monoisotopic (exact) mass is 290 g/mol. The maximum Gasteiger partial charge on any atom is 0.320 e. The number of anilines is 1. The molecule has 1 aliphatic rings. The fraction of sp³-hybridized carbons (Fsp3) is 0.588. The molecule has 2 rings (SSSR count). The third-order valence-corrected chi connectivity index (χ3v) is 3.95. The molecule has 2 N–H and O–H groups in total. The molecule has 0 bridgehead atoms. The highest BCUT2D eigenvalue weighted by atomic mass is 16.4. The minimum atomic E-state index is -0.762. The van der Waals surface area contributed by atoms with Crippen molar-refractivity contribution >= 4 is 11.7 Å². The largest absolute Gasteiger partial charge is 0.480 e. The van der Waals surface area contributed by atoms with Crippen LogP contribution in [0.3, 0.4) is 0 Å². The predicted octanol–water partition coefficient (Wildman–Crippen LogP) is 2.53. The van der Waals surface area contributed by atoms with Gasteiger partial charge < -0.3 is 15.3 Å². The summed E-state index contributed by atoms with van der Waals surface area (Å²) < 4.78 is 0. The quantitative estimate of drug-likeness (QED) is 0.845. The first kappa shape index (κ1) is 15.8. The van der Waals surface area contributed by atoms with E-state index < -0.39 is 12.0 Å². The maximum absolute atomic E-state index is 11.3. The molecule has 0 saturated heterocycles. The summed E-state index contributed by atoms with van der Waals surface area (Å²) in [6.07, 6.45) is 1.73. The van der Waals surface area contributed by atoms with Crippen molar-refractivity contribution in [3.05, 3.63) is 29.8 Å². The number of hydrogen-bond acceptors (Lipinski definition) is 3. The van der Waals surface area contributed by atoms with Gasteiger partial charge in [0.25, 0.3) is 0 Å². The van der Waals surface area contributed by atoms with Gasteiger partial charge in [0.1, 0.15) is 6.04 Å². The molecule has 0 saturated carbocycles. The molecule has 4 nitrogen and oxygen atoms in total. The van der Waals surface area contributed by atoms with Crippen LogP contribution in [0.1, 0.15) is 32.8 Å². The number of rotatable bonds is 6. The zero-order chi connectivity index (χ0) is 15.4. The van der Waals surface area contributed by atoms with E-state index in [4.69, 9.17) is 0 Å². The lowest BCUT2D eigenvalue weighted by Gasteiger charge is -2.35. The molecule has 4 heteroatoms. The van der Waals surface area contributed by atoms with E-state index in [1.807, 2.05) is 13.8 Å². The van der Waals surface area contributed by atoms with Gasteiger partial charge in [-0.15, -0.1) is 0 Å². The lowest BCUT2D eigenvalue weighted by Crippen LogP contribution is -2.44. The Kier molecular flexibility index (Phi) is 5.23. The van der Waals surface area contributed by atoms with E-state index in [0.717, 1.165) is 19.5 Å². The Labute approximate surface area is 127 Å². The van der Waals surface area contributed by atoms with Crippen molar-refractivity contribution < 1.29 is 9.90 Å². The summed E-state index contributed by atoms with van der Waals surface area (Å²) in [7, 11) is 0. The zero-order valence-electron chi connectivity index (χ0n) is 13.2. The molecular formula is C17H26N2O2. The van der Waals surface area contributed by atoms with Crippen molar-refractivity contribution in [2.45, 2.75) is 45.7 Å². The zero-order valence-corrected chi connectivity index (χ0v) is 13.2. The molecule has 116 valence electrons. The number of nitrogens with one attached hydrogen (secondary N) is 1. The van der Waals surface area contributed by atoms with E-state index in [2.05, 4.69) is 41.4 Å². The fourth-order valence-corrected chi connectivity index (χ4v) is 3.08. The summed E-state index contributed by atoms with van der Waals surface area (Å²) in [5.41, 5.74) is 2.64. The van der Waals surface area contributed by atoms with Gasteiger partial charge >= 0.3 is 5.97 Å². The number of aliphatic carboxylic acids is 1. The van der Waals surface area contributed by atoms with Gasteiger partial charge in [-0.3, -0.25) is 4.79 Å². The molecule has 0 aromatic heterocycles. The third kappa shape index (κ3) is 4.21. The number of carbonyl (C=O) groups is 1. The molecule has 1 heterocycles. The van der Waals surface area contributed by atoms with Gasteiger partial charge in [-0.25, -0.2) is 0 Å². The Morgan fingerprint density at radius 1 is 1.43 bits per heavy atom. The van der Waals surface area contributed by atoms with Crippen molar-refractivity contribution in [2.24, 2.45) is 5.92 Å². The topological polar surface area (TPSA) is 52.6 Å². The molecule has 1 aromatic carbocycles. The molecule has 0 amide bonds. The third-order valence-electron chi connectivity index (χ3n) is 3.95. The van der Waals surface area contributed by atoms with Crippen LogP contribution in [0.25, 0.3) is 0 Å². The fourth-order valence-electron chi connectivity index (χ4n) is 3.08. The van der Waals surface area contributed by atoms with Gasteiger partial charge in [-0.1, -0.05) is 39.0 Å². The van der Waals surface area contributed by atoms with Crippen LogP contribution in [0.5, 0.6) is 0 Å². The summed E-state index contributed by atoms with van der Waals surface area (Å²) in [5.74, 6) is -0.150. The van der Waals surface area contributed by atoms with Gasteiger partial charge in [0.05, 0.1) is 0 Å². The second-order valence-corrected chi connectivity index (χ2v) is 6.38. The number of fused-ring (bicyclic) bond motifs is 1. The van der Waals surface area contributed by atoms with Crippen molar-refractivity contribution in [1.29, 1.82) is 0 Å². The Hall–Kier alpha value is -1.55. The SMILES string of the molecule is CC1Cc2ccccc2N(CCC(NC(C)C)C(=O)O)C1. The van der Waals surface area contributed by atoms with E-state index in [1.165, 1.54) is 11.3 Å². The number of benzene rings is 1. The number of para-hydroxylation sites is 1.